The number of hydrogen-bond acceptors (Lipinski definition) is 7. The molecule has 0 amide bonds. The number of nitrogens with one attached hydrogen (secondary N) is 1. The molecule has 1 heterocycles. The van der Waals surface area contributed by atoms with Gasteiger partial charge in [0.05, 0.1) is 19.8 Å². The van der Waals surface area contributed by atoms with E-state index in [0.717, 1.165) is 24.7 Å². The number of rotatable bonds is 9. The molecule has 1 aromatic heterocycles. The molecule has 0 saturated heterocycles. The third-order valence-electron chi connectivity index (χ3n) is 2.18. The highest BCUT2D eigenvalue weighted by molar-refractivity contribution is 7.11. The molecular weight excluding hydrogens is 252 g/mol. The van der Waals surface area contributed by atoms with Gasteiger partial charge in [0.15, 0.2) is 16.6 Å². The van der Waals surface area contributed by atoms with Crippen LogP contribution in [0.1, 0.15) is 6.92 Å². The molecule has 1 aromatic rings. The van der Waals surface area contributed by atoms with Crippen molar-refractivity contribution in [2.24, 2.45) is 0 Å². The van der Waals surface area contributed by atoms with Crippen LogP contribution in [0.15, 0.2) is 0 Å². The first-order valence-electron chi connectivity index (χ1n) is 5.99. The average molecular weight is 274 g/mol. The lowest BCUT2D eigenvalue weighted by molar-refractivity contribution is 0.126. The Morgan fingerprint density at radius 3 is 2.83 bits per heavy atom. The number of nitrogen functional groups attached to an aromatic ring is 1. The summed E-state index contributed by atoms with van der Waals surface area (Å²) in [5.74, 6) is 1.09. The fourth-order valence-corrected chi connectivity index (χ4v) is 1.96. The molecule has 0 bridgehead atoms. The van der Waals surface area contributed by atoms with Crippen LogP contribution in [-0.2, 0) is 4.74 Å². The molecule has 0 aliphatic heterocycles. The summed E-state index contributed by atoms with van der Waals surface area (Å²) < 4.78 is 15.0. The van der Waals surface area contributed by atoms with Gasteiger partial charge in [-0.15, -0.1) is 0 Å². The van der Waals surface area contributed by atoms with Crippen molar-refractivity contribution in [3.05, 3.63) is 0 Å². The third kappa shape index (κ3) is 5.07. The molecule has 7 heteroatoms. The van der Waals surface area contributed by atoms with E-state index in [2.05, 4.69) is 14.6 Å². The Morgan fingerprint density at radius 1 is 1.39 bits per heavy atom. The zero-order chi connectivity index (χ0) is 13.4. The Kier molecular flexibility index (Phi) is 6.77. The van der Waals surface area contributed by atoms with E-state index in [1.54, 1.807) is 0 Å². The lowest BCUT2D eigenvalue weighted by atomic mass is 10.5. The van der Waals surface area contributed by atoms with E-state index in [4.69, 9.17) is 15.2 Å². The van der Waals surface area contributed by atoms with Crippen molar-refractivity contribution >= 4 is 22.4 Å². The van der Waals surface area contributed by atoms with E-state index in [1.807, 2.05) is 21.0 Å². The minimum Gasteiger partial charge on any atom is -0.487 e. The first kappa shape index (κ1) is 15.0. The van der Waals surface area contributed by atoms with Gasteiger partial charge in [-0.05, 0) is 32.6 Å². The third-order valence-corrected chi connectivity index (χ3v) is 2.98. The molecule has 0 aromatic carbocycles. The van der Waals surface area contributed by atoms with Gasteiger partial charge in [0.2, 0.25) is 0 Å². The predicted molar refractivity (Wildman–Crippen MR) is 75.6 cm³/mol. The highest BCUT2D eigenvalue weighted by Gasteiger charge is 2.11. The smallest absolute Gasteiger partial charge is 0.197 e. The maximum Gasteiger partial charge on any atom is 0.197 e. The Balaban J connectivity index is 2.22. The van der Waals surface area contributed by atoms with Gasteiger partial charge >= 0.3 is 0 Å². The fraction of sp³-hybridized carbons (Fsp3) is 0.727. The second kappa shape index (κ2) is 8.12. The zero-order valence-electron chi connectivity index (χ0n) is 11.2. The quantitative estimate of drug-likeness (QED) is 0.657. The van der Waals surface area contributed by atoms with Crippen molar-refractivity contribution in [1.82, 2.24) is 9.27 Å². The monoisotopic (exact) mass is 274 g/mol. The van der Waals surface area contributed by atoms with E-state index in [-0.39, 0.29) is 0 Å². The number of likely N-dealkylation sites (N-methyl/N-ethyl adjacent to an activating group) is 1. The number of nitrogens with zero attached hydrogens (tertiary/aromatic N) is 2. The van der Waals surface area contributed by atoms with Gasteiger partial charge in [-0.3, -0.25) is 0 Å². The Hall–Kier alpha value is -1.05. The highest BCUT2D eigenvalue weighted by Crippen LogP contribution is 2.34. The lowest BCUT2D eigenvalue weighted by Crippen LogP contribution is -2.20. The lowest BCUT2D eigenvalue weighted by Gasteiger charge is -2.10. The van der Waals surface area contributed by atoms with Crippen LogP contribution in [0.25, 0.3) is 0 Å². The minimum atomic E-state index is 0.442. The molecule has 0 aliphatic carbocycles. The van der Waals surface area contributed by atoms with E-state index in [1.165, 1.54) is 11.5 Å². The maximum atomic E-state index is 5.71. The Bertz CT molecular complexity index is 344. The number of ether oxygens (including phenoxy) is 2. The van der Waals surface area contributed by atoms with Crippen molar-refractivity contribution in [3.8, 4) is 5.75 Å². The molecule has 0 spiro atoms. The van der Waals surface area contributed by atoms with Crippen molar-refractivity contribution in [2.45, 2.75) is 6.92 Å². The summed E-state index contributed by atoms with van der Waals surface area (Å²) in [6.07, 6.45) is 0. The molecule has 18 heavy (non-hydrogen) atoms. The Labute approximate surface area is 112 Å². The van der Waals surface area contributed by atoms with Gasteiger partial charge in [-0.1, -0.05) is 0 Å². The van der Waals surface area contributed by atoms with E-state index < -0.39 is 0 Å². The van der Waals surface area contributed by atoms with Crippen LogP contribution in [0.4, 0.5) is 10.8 Å². The zero-order valence-corrected chi connectivity index (χ0v) is 12.0. The number of hydrogen-bond donors (Lipinski definition) is 2. The summed E-state index contributed by atoms with van der Waals surface area (Å²) in [5, 5.41) is 4.09. The largest absolute Gasteiger partial charge is 0.487 e. The van der Waals surface area contributed by atoms with Crippen LogP contribution < -0.4 is 15.8 Å². The molecule has 6 nitrogen and oxygen atoms in total. The molecule has 0 aliphatic rings. The standard InChI is InChI=1S/C11H22N4O2S/c1-4-17-9-10(12)14-18-11(9)13-5-7-16-8-6-15(2)3/h13H,4-8H2,1-3H3,(H2,12,14). The highest BCUT2D eigenvalue weighted by atomic mass is 32.1. The summed E-state index contributed by atoms with van der Waals surface area (Å²) in [4.78, 5) is 2.09. The summed E-state index contributed by atoms with van der Waals surface area (Å²) in [7, 11) is 4.05. The normalized spacial score (nSPS) is 10.9. The second-order valence-electron chi connectivity index (χ2n) is 4.00. The molecule has 3 N–H and O–H groups in total. The first-order valence-corrected chi connectivity index (χ1v) is 6.76. The van der Waals surface area contributed by atoms with Crippen molar-refractivity contribution in [2.75, 3.05) is 58.1 Å². The van der Waals surface area contributed by atoms with Crippen LogP contribution in [-0.4, -0.2) is 56.3 Å². The SMILES string of the molecule is CCOc1c(N)nsc1NCCOCCN(C)C. The van der Waals surface area contributed by atoms with E-state index in [9.17, 15) is 0 Å². The summed E-state index contributed by atoms with van der Waals surface area (Å²) in [6.45, 7) is 5.53. The van der Waals surface area contributed by atoms with Gasteiger partial charge in [0.1, 0.15) is 0 Å². The minimum absolute atomic E-state index is 0.442. The van der Waals surface area contributed by atoms with Crippen molar-refractivity contribution in [3.63, 3.8) is 0 Å². The fourth-order valence-electron chi connectivity index (χ4n) is 1.28. The molecule has 104 valence electrons. The van der Waals surface area contributed by atoms with Gasteiger partial charge in [0, 0.05) is 13.1 Å². The van der Waals surface area contributed by atoms with Crippen molar-refractivity contribution < 1.29 is 9.47 Å². The van der Waals surface area contributed by atoms with Crippen LogP contribution in [0.5, 0.6) is 5.75 Å². The predicted octanol–water partition coefficient (Wildman–Crippen LogP) is 1.11. The molecule has 1 rings (SSSR count). The average Bonchev–Trinajstić information content (AvgIpc) is 2.66. The van der Waals surface area contributed by atoms with Crippen molar-refractivity contribution in [1.29, 1.82) is 0 Å². The van der Waals surface area contributed by atoms with Crippen LogP contribution in [0.2, 0.25) is 0 Å². The van der Waals surface area contributed by atoms with Gasteiger partial charge in [-0.25, -0.2) is 0 Å². The molecule has 0 atom stereocenters. The van der Waals surface area contributed by atoms with Crippen LogP contribution in [0, 0.1) is 0 Å². The Morgan fingerprint density at radius 2 is 2.17 bits per heavy atom. The number of anilines is 2. The topological polar surface area (TPSA) is 72.6 Å². The van der Waals surface area contributed by atoms with Crippen LogP contribution in [0.3, 0.4) is 0 Å². The van der Waals surface area contributed by atoms with Gasteiger partial charge in [-0.2, -0.15) is 4.37 Å². The number of nitrogens with two attached hydrogens (primary N) is 1. The molecule has 0 saturated carbocycles. The second-order valence-corrected chi connectivity index (χ2v) is 4.77. The molecule has 0 unspecified atom stereocenters. The molecule has 0 radical (unpaired) electrons. The molecule has 0 fully saturated rings. The van der Waals surface area contributed by atoms with Crippen LogP contribution >= 0.6 is 11.5 Å². The van der Waals surface area contributed by atoms with E-state index >= 15 is 0 Å². The van der Waals surface area contributed by atoms with Gasteiger partial charge < -0.3 is 25.4 Å². The summed E-state index contributed by atoms with van der Waals surface area (Å²) in [5.41, 5.74) is 5.71. The van der Waals surface area contributed by atoms with E-state index in [0.29, 0.717) is 24.8 Å². The first-order chi connectivity index (χ1) is 8.65. The summed E-state index contributed by atoms with van der Waals surface area (Å²) >= 11 is 1.31. The molecular formula is C11H22N4O2S. The number of aromatic nitrogens is 1. The summed E-state index contributed by atoms with van der Waals surface area (Å²) in [6, 6.07) is 0. The maximum absolute atomic E-state index is 5.71. The van der Waals surface area contributed by atoms with Gasteiger partial charge in [0.25, 0.3) is 0 Å².